The summed E-state index contributed by atoms with van der Waals surface area (Å²) in [5, 5.41) is 3.89. The quantitative estimate of drug-likeness (QED) is 0.298. The average Bonchev–Trinajstić information content (AvgIpc) is 2.88. The van der Waals surface area contributed by atoms with E-state index in [4.69, 9.17) is 23.2 Å². The molecule has 0 saturated carbocycles. The van der Waals surface area contributed by atoms with E-state index < -0.39 is 34.1 Å². The van der Waals surface area contributed by atoms with Crippen molar-refractivity contribution in [2.45, 2.75) is 64.1 Å². The molecule has 214 valence electrons. The Labute approximate surface area is 247 Å². The lowest BCUT2D eigenvalue weighted by Crippen LogP contribution is -2.55. The number of nitrogens with one attached hydrogen (secondary N) is 1. The predicted molar refractivity (Wildman–Crippen MR) is 161 cm³/mol. The standard InChI is InChI=1S/C30H35Cl2N3O4S/c1-6-27(29(37)33-30(3,4)5)34(19-22-9-11-23(31)12-10-22)28(36)20-35(25-15-7-21(2)8-16-25)40(38,39)26-17-13-24(32)14-18-26/h7-18,27H,6,19-20H2,1-5H3,(H,33,37)/t27-/m0/s1. The van der Waals surface area contributed by atoms with Gasteiger partial charge in [-0.25, -0.2) is 8.42 Å². The van der Waals surface area contributed by atoms with Gasteiger partial charge in [0.05, 0.1) is 10.6 Å². The highest BCUT2D eigenvalue weighted by atomic mass is 35.5. The van der Waals surface area contributed by atoms with Gasteiger partial charge in [0.15, 0.2) is 0 Å². The van der Waals surface area contributed by atoms with E-state index in [-0.39, 0.29) is 17.3 Å². The van der Waals surface area contributed by atoms with E-state index in [1.807, 2.05) is 34.6 Å². The van der Waals surface area contributed by atoms with Crippen molar-refractivity contribution in [3.8, 4) is 0 Å². The van der Waals surface area contributed by atoms with Gasteiger partial charge in [-0.1, -0.05) is 60.0 Å². The van der Waals surface area contributed by atoms with Crippen LogP contribution in [0.2, 0.25) is 10.0 Å². The molecule has 3 aromatic rings. The minimum atomic E-state index is -4.16. The average molecular weight is 605 g/mol. The van der Waals surface area contributed by atoms with E-state index in [1.165, 1.54) is 29.2 Å². The number of sulfonamides is 1. The molecule has 1 N–H and O–H groups in total. The second-order valence-corrected chi connectivity index (χ2v) is 13.3. The summed E-state index contributed by atoms with van der Waals surface area (Å²) in [5.74, 6) is -0.844. The lowest BCUT2D eigenvalue weighted by Gasteiger charge is -2.34. The maximum absolute atomic E-state index is 14.1. The lowest BCUT2D eigenvalue weighted by atomic mass is 10.1. The van der Waals surface area contributed by atoms with E-state index in [2.05, 4.69) is 5.32 Å². The third kappa shape index (κ3) is 8.22. The molecule has 0 aromatic heterocycles. The highest BCUT2D eigenvalue weighted by Crippen LogP contribution is 2.26. The molecule has 0 heterocycles. The molecule has 0 unspecified atom stereocenters. The summed E-state index contributed by atoms with van der Waals surface area (Å²) in [7, 11) is -4.16. The second kappa shape index (κ2) is 13.1. The third-order valence-electron chi connectivity index (χ3n) is 6.15. The molecule has 0 bridgehead atoms. The minimum Gasteiger partial charge on any atom is -0.350 e. The second-order valence-electron chi connectivity index (χ2n) is 10.6. The monoisotopic (exact) mass is 603 g/mol. The highest BCUT2D eigenvalue weighted by molar-refractivity contribution is 7.92. The molecule has 0 saturated heterocycles. The smallest absolute Gasteiger partial charge is 0.264 e. The van der Waals surface area contributed by atoms with Crippen molar-refractivity contribution < 1.29 is 18.0 Å². The highest BCUT2D eigenvalue weighted by Gasteiger charge is 2.34. The molecule has 0 aliphatic carbocycles. The van der Waals surface area contributed by atoms with Gasteiger partial charge < -0.3 is 10.2 Å². The molecule has 0 radical (unpaired) electrons. The molecule has 0 spiro atoms. The number of carbonyl (C=O) groups excluding carboxylic acids is 2. The molecular weight excluding hydrogens is 569 g/mol. The van der Waals surface area contributed by atoms with Crippen molar-refractivity contribution in [2.75, 3.05) is 10.8 Å². The SMILES string of the molecule is CC[C@@H](C(=O)NC(C)(C)C)N(Cc1ccc(Cl)cc1)C(=O)CN(c1ccc(C)cc1)S(=O)(=O)c1ccc(Cl)cc1. The fourth-order valence-corrected chi connectivity index (χ4v) is 5.80. The van der Waals surface area contributed by atoms with E-state index in [0.29, 0.717) is 22.2 Å². The van der Waals surface area contributed by atoms with Crippen molar-refractivity contribution in [3.63, 3.8) is 0 Å². The van der Waals surface area contributed by atoms with Crippen LogP contribution in [0, 0.1) is 6.92 Å². The summed E-state index contributed by atoms with van der Waals surface area (Å²) in [5.41, 5.74) is 1.49. The molecule has 3 rings (SSSR count). The molecule has 40 heavy (non-hydrogen) atoms. The summed E-state index contributed by atoms with van der Waals surface area (Å²) in [6.45, 7) is 8.87. The van der Waals surface area contributed by atoms with E-state index in [9.17, 15) is 18.0 Å². The normalized spacial score (nSPS) is 12.5. The van der Waals surface area contributed by atoms with E-state index in [0.717, 1.165) is 15.4 Å². The topological polar surface area (TPSA) is 86.8 Å². The zero-order valence-corrected chi connectivity index (χ0v) is 25.6. The Morgan fingerprint density at radius 1 is 0.875 bits per heavy atom. The molecule has 0 fully saturated rings. The van der Waals surface area contributed by atoms with Crippen LogP contribution in [0.5, 0.6) is 0 Å². The zero-order chi connectivity index (χ0) is 29.7. The number of halogens is 2. The molecule has 0 aliphatic rings. The third-order valence-corrected chi connectivity index (χ3v) is 8.44. The molecule has 7 nitrogen and oxygen atoms in total. The molecule has 10 heteroatoms. The predicted octanol–water partition coefficient (Wildman–Crippen LogP) is 6.22. The Kier molecular flexibility index (Phi) is 10.3. The number of hydrogen-bond acceptors (Lipinski definition) is 4. The fraction of sp³-hybridized carbons (Fsp3) is 0.333. The maximum Gasteiger partial charge on any atom is 0.264 e. The van der Waals surface area contributed by atoms with Gasteiger partial charge in [0.2, 0.25) is 11.8 Å². The van der Waals surface area contributed by atoms with Gasteiger partial charge in [0, 0.05) is 22.1 Å². The molecular formula is C30H35Cl2N3O4S. The van der Waals surface area contributed by atoms with Crippen LogP contribution >= 0.6 is 23.2 Å². The first-order chi connectivity index (χ1) is 18.7. The van der Waals surface area contributed by atoms with Crippen LogP contribution in [-0.4, -0.2) is 43.3 Å². The summed E-state index contributed by atoms with van der Waals surface area (Å²) in [6, 6.07) is 18.8. The summed E-state index contributed by atoms with van der Waals surface area (Å²) in [4.78, 5) is 28.8. The summed E-state index contributed by atoms with van der Waals surface area (Å²) >= 11 is 12.1. The number of benzene rings is 3. The van der Waals surface area contributed by atoms with Crippen LogP contribution in [0.3, 0.4) is 0 Å². The molecule has 0 aliphatic heterocycles. The van der Waals surface area contributed by atoms with Crippen LogP contribution in [0.25, 0.3) is 0 Å². The van der Waals surface area contributed by atoms with E-state index in [1.54, 1.807) is 48.5 Å². The molecule has 1 atom stereocenters. The van der Waals surface area contributed by atoms with Crippen LogP contribution in [-0.2, 0) is 26.2 Å². The Morgan fingerprint density at radius 3 is 1.90 bits per heavy atom. The van der Waals surface area contributed by atoms with Crippen LogP contribution < -0.4 is 9.62 Å². The number of nitrogens with zero attached hydrogens (tertiary/aromatic N) is 2. The Hall–Kier alpha value is -3.07. The number of hydrogen-bond donors (Lipinski definition) is 1. The van der Waals surface area contributed by atoms with Gasteiger partial charge in [0.25, 0.3) is 10.0 Å². The molecule has 3 aromatic carbocycles. The van der Waals surface area contributed by atoms with Crippen LogP contribution in [0.1, 0.15) is 45.2 Å². The van der Waals surface area contributed by atoms with Gasteiger partial charge in [-0.05, 0) is 88.2 Å². The van der Waals surface area contributed by atoms with Crippen LogP contribution in [0.15, 0.2) is 77.7 Å². The van der Waals surface area contributed by atoms with Gasteiger partial charge in [-0.3, -0.25) is 13.9 Å². The zero-order valence-electron chi connectivity index (χ0n) is 23.3. The van der Waals surface area contributed by atoms with Gasteiger partial charge in [-0.2, -0.15) is 0 Å². The Morgan fingerprint density at radius 2 is 1.40 bits per heavy atom. The fourth-order valence-electron chi connectivity index (χ4n) is 4.13. The lowest BCUT2D eigenvalue weighted by molar-refractivity contribution is -0.141. The van der Waals surface area contributed by atoms with Crippen molar-refractivity contribution >= 4 is 50.7 Å². The Bertz CT molecular complexity index is 1420. The largest absolute Gasteiger partial charge is 0.350 e. The first-order valence-corrected chi connectivity index (χ1v) is 15.1. The van der Waals surface area contributed by atoms with Gasteiger partial charge in [0.1, 0.15) is 12.6 Å². The maximum atomic E-state index is 14.1. The number of carbonyl (C=O) groups is 2. The van der Waals surface area contributed by atoms with E-state index >= 15 is 0 Å². The van der Waals surface area contributed by atoms with Crippen molar-refractivity contribution in [3.05, 3.63) is 94.0 Å². The van der Waals surface area contributed by atoms with Crippen molar-refractivity contribution in [1.29, 1.82) is 0 Å². The van der Waals surface area contributed by atoms with Crippen LogP contribution in [0.4, 0.5) is 5.69 Å². The number of anilines is 1. The summed E-state index contributed by atoms with van der Waals surface area (Å²) < 4.78 is 28.8. The first kappa shape index (κ1) is 31.5. The number of aryl methyl sites for hydroxylation is 1. The number of rotatable bonds is 10. The van der Waals surface area contributed by atoms with Crippen molar-refractivity contribution in [2.24, 2.45) is 0 Å². The Balaban J connectivity index is 2.06. The minimum absolute atomic E-state index is 0.00737. The molecule has 2 amide bonds. The first-order valence-electron chi connectivity index (χ1n) is 12.9. The van der Waals surface area contributed by atoms with Crippen molar-refractivity contribution in [1.82, 2.24) is 10.2 Å². The number of amides is 2. The van der Waals surface area contributed by atoms with Gasteiger partial charge >= 0.3 is 0 Å². The van der Waals surface area contributed by atoms with Gasteiger partial charge in [-0.15, -0.1) is 0 Å². The summed E-state index contributed by atoms with van der Waals surface area (Å²) in [6.07, 6.45) is 0.329.